The van der Waals surface area contributed by atoms with Crippen LogP contribution in [0.5, 0.6) is 0 Å². The summed E-state index contributed by atoms with van der Waals surface area (Å²) in [7, 11) is 0. The number of amides is 1. The summed E-state index contributed by atoms with van der Waals surface area (Å²) in [6.07, 6.45) is 11.3. The Hall–Kier alpha value is -0.280. The van der Waals surface area contributed by atoms with E-state index in [-0.39, 0.29) is 12.4 Å². The first-order valence-corrected chi connectivity index (χ1v) is 8.29. The van der Waals surface area contributed by atoms with Gasteiger partial charge in [-0.3, -0.25) is 4.79 Å². The molecule has 1 N–H and O–H groups in total. The number of nitrogens with one attached hydrogen (secondary N) is 1. The number of likely N-dealkylation sites (tertiary alicyclic amines) is 1. The van der Waals surface area contributed by atoms with E-state index >= 15 is 0 Å². The molecular formula is C16H29ClN2O. The van der Waals surface area contributed by atoms with Crippen molar-refractivity contribution in [1.29, 1.82) is 0 Å². The number of nitrogens with zero attached hydrogens (tertiary/aromatic N) is 1. The molecule has 3 nitrogen and oxygen atoms in total. The van der Waals surface area contributed by atoms with Crippen LogP contribution in [0.25, 0.3) is 0 Å². The Kier molecular flexibility index (Phi) is 5.74. The van der Waals surface area contributed by atoms with Crippen LogP contribution in [0, 0.1) is 11.3 Å². The molecular weight excluding hydrogens is 272 g/mol. The van der Waals surface area contributed by atoms with E-state index in [0.717, 1.165) is 39.0 Å². The molecule has 1 aliphatic carbocycles. The number of rotatable bonds is 1. The van der Waals surface area contributed by atoms with Gasteiger partial charge in [-0.25, -0.2) is 0 Å². The second kappa shape index (κ2) is 7.13. The Bertz CT molecular complexity index is 320. The van der Waals surface area contributed by atoms with Crippen molar-refractivity contribution in [2.75, 3.05) is 26.2 Å². The van der Waals surface area contributed by atoms with Crippen molar-refractivity contribution in [3.8, 4) is 0 Å². The van der Waals surface area contributed by atoms with Crippen molar-refractivity contribution >= 4 is 18.3 Å². The molecule has 20 heavy (non-hydrogen) atoms. The van der Waals surface area contributed by atoms with E-state index in [1.54, 1.807) is 0 Å². The summed E-state index contributed by atoms with van der Waals surface area (Å²) in [6, 6.07) is 0. The van der Waals surface area contributed by atoms with Crippen molar-refractivity contribution in [3.05, 3.63) is 0 Å². The fourth-order valence-electron chi connectivity index (χ4n) is 4.27. The molecule has 1 amide bonds. The summed E-state index contributed by atoms with van der Waals surface area (Å²) in [5, 5.41) is 3.45. The molecule has 0 bridgehead atoms. The summed E-state index contributed by atoms with van der Waals surface area (Å²) in [6.45, 7) is 4.36. The quantitative estimate of drug-likeness (QED) is 0.755. The molecule has 1 spiro atoms. The van der Waals surface area contributed by atoms with Gasteiger partial charge in [-0.1, -0.05) is 25.7 Å². The molecule has 0 atom stereocenters. The Balaban J connectivity index is 0.00000147. The highest BCUT2D eigenvalue weighted by Gasteiger charge is 2.41. The van der Waals surface area contributed by atoms with Crippen molar-refractivity contribution in [2.24, 2.45) is 11.3 Å². The number of halogens is 1. The predicted molar refractivity (Wildman–Crippen MR) is 84.2 cm³/mol. The molecule has 0 radical (unpaired) electrons. The Labute approximate surface area is 129 Å². The molecule has 2 saturated heterocycles. The SMILES string of the molecule is Cl.O=C(C1CCCCCC1)N1CCC2(CCNCC2)C1. The van der Waals surface area contributed by atoms with E-state index in [1.165, 1.54) is 44.9 Å². The molecule has 116 valence electrons. The molecule has 3 aliphatic rings. The molecule has 0 aromatic heterocycles. The average molecular weight is 301 g/mol. The first-order valence-electron chi connectivity index (χ1n) is 8.29. The van der Waals surface area contributed by atoms with Crippen molar-refractivity contribution in [3.63, 3.8) is 0 Å². The fourth-order valence-corrected chi connectivity index (χ4v) is 4.27. The Morgan fingerprint density at radius 3 is 2.30 bits per heavy atom. The van der Waals surface area contributed by atoms with Crippen LogP contribution < -0.4 is 5.32 Å². The number of piperidine rings is 1. The topological polar surface area (TPSA) is 32.3 Å². The lowest BCUT2D eigenvalue weighted by molar-refractivity contribution is -0.135. The number of carbonyl (C=O) groups is 1. The van der Waals surface area contributed by atoms with E-state index in [1.807, 2.05) is 0 Å². The fraction of sp³-hybridized carbons (Fsp3) is 0.938. The molecule has 3 rings (SSSR count). The smallest absolute Gasteiger partial charge is 0.225 e. The summed E-state index contributed by atoms with van der Waals surface area (Å²) in [5.74, 6) is 0.830. The van der Waals surface area contributed by atoms with Gasteiger partial charge in [0.05, 0.1) is 0 Å². The lowest BCUT2D eigenvalue weighted by Crippen LogP contribution is -2.41. The molecule has 3 fully saturated rings. The zero-order valence-electron chi connectivity index (χ0n) is 12.5. The maximum atomic E-state index is 12.7. The lowest BCUT2D eigenvalue weighted by Gasteiger charge is -2.34. The van der Waals surface area contributed by atoms with Crippen LogP contribution in [0.1, 0.15) is 57.8 Å². The minimum Gasteiger partial charge on any atom is -0.342 e. The maximum Gasteiger partial charge on any atom is 0.225 e. The van der Waals surface area contributed by atoms with Gasteiger partial charge in [-0.2, -0.15) is 0 Å². The van der Waals surface area contributed by atoms with E-state index in [9.17, 15) is 4.79 Å². The van der Waals surface area contributed by atoms with Crippen LogP contribution in [-0.4, -0.2) is 37.0 Å². The summed E-state index contributed by atoms with van der Waals surface area (Å²) < 4.78 is 0. The van der Waals surface area contributed by atoms with E-state index in [0.29, 0.717) is 17.2 Å². The number of hydrogen-bond acceptors (Lipinski definition) is 2. The monoisotopic (exact) mass is 300 g/mol. The van der Waals surface area contributed by atoms with Gasteiger partial charge in [0.25, 0.3) is 0 Å². The third-order valence-electron chi connectivity index (χ3n) is 5.62. The number of carbonyl (C=O) groups excluding carboxylic acids is 1. The normalized spacial score (nSPS) is 27.1. The van der Waals surface area contributed by atoms with Gasteiger partial charge < -0.3 is 10.2 Å². The molecule has 4 heteroatoms. The van der Waals surface area contributed by atoms with Crippen LogP contribution in [0.2, 0.25) is 0 Å². The molecule has 0 aromatic rings. The van der Waals surface area contributed by atoms with Gasteiger partial charge in [0, 0.05) is 19.0 Å². The first-order chi connectivity index (χ1) is 9.29. The average Bonchev–Trinajstić information content (AvgIpc) is 2.67. The zero-order chi connectivity index (χ0) is 13.1. The summed E-state index contributed by atoms with van der Waals surface area (Å²) in [4.78, 5) is 14.9. The van der Waals surface area contributed by atoms with E-state index in [4.69, 9.17) is 0 Å². The highest BCUT2D eigenvalue weighted by Crippen LogP contribution is 2.39. The van der Waals surface area contributed by atoms with Crippen LogP contribution in [0.4, 0.5) is 0 Å². The third kappa shape index (κ3) is 3.48. The highest BCUT2D eigenvalue weighted by molar-refractivity contribution is 5.85. The van der Waals surface area contributed by atoms with Gasteiger partial charge in [0.1, 0.15) is 0 Å². The van der Waals surface area contributed by atoms with Gasteiger partial charge in [0.2, 0.25) is 5.91 Å². The molecule has 0 unspecified atom stereocenters. The highest BCUT2D eigenvalue weighted by atomic mass is 35.5. The largest absolute Gasteiger partial charge is 0.342 e. The second-order valence-electron chi connectivity index (χ2n) is 6.95. The standard InChI is InChI=1S/C16H28N2O.ClH/c19-15(14-5-3-1-2-4-6-14)18-12-9-16(13-18)7-10-17-11-8-16;/h14,17H,1-13H2;1H. The third-order valence-corrected chi connectivity index (χ3v) is 5.62. The minimum absolute atomic E-state index is 0. The molecule has 2 heterocycles. The van der Waals surface area contributed by atoms with Crippen molar-refractivity contribution in [2.45, 2.75) is 57.8 Å². The van der Waals surface area contributed by atoms with Gasteiger partial charge in [-0.15, -0.1) is 12.4 Å². The molecule has 1 saturated carbocycles. The maximum absolute atomic E-state index is 12.7. The first kappa shape index (κ1) is 16.1. The number of hydrogen-bond donors (Lipinski definition) is 1. The van der Waals surface area contributed by atoms with Crippen LogP contribution >= 0.6 is 12.4 Å². The zero-order valence-corrected chi connectivity index (χ0v) is 13.3. The van der Waals surface area contributed by atoms with Crippen molar-refractivity contribution < 1.29 is 4.79 Å². The van der Waals surface area contributed by atoms with Crippen molar-refractivity contribution in [1.82, 2.24) is 10.2 Å². The Morgan fingerprint density at radius 1 is 1.00 bits per heavy atom. The second-order valence-corrected chi connectivity index (χ2v) is 6.95. The van der Waals surface area contributed by atoms with Gasteiger partial charge in [0.15, 0.2) is 0 Å². The minimum atomic E-state index is 0. The lowest BCUT2D eigenvalue weighted by atomic mass is 9.78. The van der Waals surface area contributed by atoms with E-state index in [2.05, 4.69) is 10.2 Å². The predicted octanol–water partition coefficient (Wildman–Crippen LogP) is 2.98. The Morgan fingerprint density at radius 2 is 1.65 bits per heavy atom. The van der Waals surface area contributed by atoms with Crippen LogP contribution in [0.3, 0.4) is 0 Å². The molecule has 0 aromatic carbocycles. The van der Waals surface area contributed by atoms with Gasteiger partial charge >= 0.3 is 0 Å². The summed E-state index contributed by atoms with van der Waals surface area (Å²) >= 11 is 0. The molecule has 2 aliphatic heterocycles. The van der Waals surface area contributed by atoms with Gasteiger partial charge in [-0.05, 0) is 50.6 Å². The van der Waals surface area contributed by atoms with Crippen LogP contribution in [0.15, 0.2) is 0 Å². The van der Waals surface area contributed by atoms with E-state index < -0.39 is 0 Å². The van der Waals surface area contributed by atoms with Crippen LogP contribution in [-0.2, 0) is 4.79 Å². The summed E-state index contributed by atoms with van der Waals surface area (Å²) in [5.41, 5.74) is 0.464.